The molecule has 0 aliphatic carbocycles. The maximum atomic E-state index is 12.8. The summed E-state index contributed by atoms with van der Waals surface area (Å²) in [5.74, 6) is -0.868. The first kappa shape index (κ1) is 18.8. The topological polar surface area (TPSA) is 68.3 Å². The highest BCUT2D eigenvalue weighted by Gasteiger charge is 2.25. The summed E-state index contributed by atoms with van der Waals surface area (Å²) in [5.41, 5.74) is 2.32. The maximum Gasteiger partial charge on any atom is 0.351 e. The number of ether oxygens (including phenoxy) is 1. The van der Waals surface area contributed by atoms with Gasteiger partial charge in [-0.3, -0.25) is 4.79 Å². The van der Waals surface area contributed by atoms with Crippen molar-refractivity contribution in [1.82, 2.24) is 10.3 Å². The van der Waals surface area contributed by atoms with Crippen LogP contribution >= 0.6 is 11.3 Å². The fourth-order valence-corrected chi connectivity index (χ4v) is 3.52. The van der Waals surface area contributed by atoms with Crippen LogP contribution in [0.2, 0.25) is 0 Å². The number of hydrogen-bond donors (Lipinski definition) is 1. The van der Waals surface area contributed by atoms with Crippen molar-refractivity contribution in [3.8, 4) is 21.8 Å². The van der Waals surface area contributed by atoms with E-state index in [1.165, 1.54) is 11.3 Å². The number of rotatable bonds is 6. The third-order valence-electron chi connectivity index (χ3n) is 3.88. The van der Waals surface area contributed by atoms with Crippen LogP contribution in [0.5, 0.6) is 0 Å². The molecular weight excluding hydrogens is 360 g/mol. The Hall–Kier alpha value is -2.99. The molecule has 1 amide bonds. The fraction of sp³-hybridized carbons (Fsp3) is 0.190. The van der Waals surface area contributed by atoms with Gasteiger partial charge >= 0.3 is 5.97 Å². The van der Waals surface area contributed by atoms with Gasteiger partial charge in [0.15, 0.2) is 6.10 Å². The first-order valence-corrected chi connectivity index (χ1v) is 9.52. The lowest BCUT2D eigenvalue weighted by Crippen LogP contribution is -2.35. The van der Waals surface area contributed by atoms with Crippen molar-refractivity contribution >= 4 is 23.2 Å². The summed E-state index contributed by atoms with van der Waals surface area (Å²) in [5, 5.41) is 3.38. The van der Waals surface area contributed by atoms with E-state index < -0.39 is 12.1 Å². The fourth-order valence-electron chi connectivity index (χ4n) is 2.54. The molecule has 6 heteroatoms. The van der Waals surface area contributed by atoms with Gasteiger partial charge in [-0.25, -0.2) is 9.78 Å². The number of nitrogens with one attached hydrogen (secondary N) is 1. The Balaban J connectivity index is 1.96. The first-order valence-electron chi connectivity index (χ1n) is 8.70. The normalized spacial score (nSPS) is 11.6. The molecule has 0 saturated carbocycles. The zero-order valence-corrected chi connectivity index (χ0v) is 16.0. The van der Waals surface area contributed by atoms with Crippen molar-refractivity contribution in [2.45, 2.75) is 20.0 Å². The van der Waals surface area contributed by atoms with Gasteiger partial charge in [0.2, 0.25) is 0 Å². The van der Waals surface area contributed by atoms with E-state index in [0.29, 0.717) is 17.1 Å². The molecule has 0 fully saturated rings. The second kappa shape index (κ2) is 8.60. The first-order chi connectivity index (χ1) is 13.1. The van der Waals surface area contributed by atoms with Crippen molar-refractivity contribution in [2.24, 2.45) is 0 Å². The molecule has 138 valence electrons. The zero-order valence-electron chi connectivity index (χ0n) is 15.1. The number of benzene rings is 2. The van der Waals surface area contributed by atoms with Crippen molar-refractivity contribution in [3.05, 3.63) is 65.5 Å². The lowest BCUT2D eigenvalue weighted by Gasteiger charge is -2.12. The Labute approximate surface area is 162 Å². The molecule has 0 spiro atoms. The van der Waals surface area contributed by atoms with E-state index in [1.54, 1.807) is 6.92 Å². The van der Waals surface area contributed by atoms with E-state index in [9.17, 15) is 9.59 Å². The molecule has 1 N–H and O–H groups in total. The molecule has 1 aromatic heterocycles. The number of carbonyl (C=O) groups is 2. The van der Waals surface area contributed by atoms with Crippen LogP contribution in [0.4, 0.5) is 0 Å². The summed E-state index contributed by atoms with van der Waals surface area (Å²) in [4.78, 5) is 29.7. The van der Waals surface area contributed by atoms with Gasteiger partial charge in [-0.2, -0.15) is 0 Å². The van der Waals surface area contributed by atoms with E-state index in [0.717, 1.165) is 16.1 Å². The summed E-state index contributed by atoms with van der Waals surface area (Å²) in [6, 6.07) is 19.2. The quantitative estimate of drug-likeness (QED) is 0.652. The smallest absolute Gasteiger partial charge is 0.351 e. The molecule has 0 aliphatic rings. The Kier molecular flexibility index (Phi) is 5.98. The molecule has 0 bridgehead atoms. The molecule has 0 unspecified atom stereocenters. The van der Waals surface area contributed by atoms with Crippen LogP contribution in [0.25, 0.3) is 21.8 Å². The number of thiazole rings is 1. The molecule has 3 aromatic rings. The summed E-state index contributed by atoms with van der Waals surface area (Å²) in [7, 11) is 0. The van der Waals surface area contributed by atoms with Crippen LogP contribution in [-0.2, 0) is 9.53 Å². The zero-order chi connectivity index (χ0) is 19.2. The third-order valence-corrected chi connectivity index (χ3v) is 4.97. The van der Waals surface area contributed by atoms with Crippen LogP contribution in [0.1, 0.15) is 23.5 Å². The molecule has 2 aromatic carbocycles. The molecular formula is C21H20N2O3S. The Bertz CT molecular complexity index is 923. The molecule has 0 saturated heterocycles. The monoisotopic (exact) mass is 380 g/mol. The second-order valence-corrected chi connectivity index (χ2v) is 6.87. The van der Waals surface area contributed by atoms with E-state index in [4.69, 9.17) is 4.74 Å². The minimum Gasteiger partial charge on any atom is -0.448 e. The molecule has 3 rings (SSSR count). The highest BCUT2D eigenvalue weighted by molar-refractivity contribution is 7.17. The van der Waals surface area contributed by atoms with Gasteiger partial charge in [-0.1, -0.05) is 60.7 Å². The molecule has 0 radical (unpaired) electrons. The molecule has 1 heterocycles. The highest BCUT2D eigenvalue weighted by Crippen LogP contribution is 2.34. The van der Waals surface area contributed by atoms with Gasteiger partial charge in [0.25, 0.3) is 5.91 Å². The Morgan fingerprint density at radius 1 is 1.04 bits per heavy atom. The number of aromatic nitrogens is 1. The van der Waals surface area contributed by atoms with E-state index in [-0.39, 0.29) is 5.91 Å². The van der Waals surface area contributed by atoms with Gasteiger partial charge in [0.1, 0.15) is 9.88 Å². The van der Waals surface area contributed by atoms with Gasteiger partial charge in [0.05, 0.1) is 5.69 Å². The SMILES string of the molecule is CCNC(=O)[C@@H](C)OC(=O)c1sc(-c2ccccc2)nc1-c1ccccc1. The molecule has 5 nitrogen and oxygen atoms in total. The second-order valence-electron chi connectivity index (χ2n) is 5.87. The van der Waals surface area contributed by atoms with Crippen molar-refractivity contribution in [2.75, 3.05) is 6.54 Å². The minimum atomic E-state index is -0.872. The van der Waals surface area contributed by atoms with Crippen molar-refractivity contribution in [3.63, 3.8) is 0 Å². The standard InChI is InChI=1S/C21H20N2O3S/c1-3-22-19(24)14(2)26-21(25)18-17(15-10-6-4-7-11-15)23-20(27-18)16-12-8-5-9-13-16/h4-14H,3H2,1-2H3,(H,22,24)/t14-/m1/s1. The average molecular weight is 380 g/mol. The number of nitrogens with zero attached hydrogens (tertiary/aromatic N) is 1. The Morgan fingerprint density at radius 2 is 1.63 bits per heavy atom. The highest BCUT2D eigenvalue weighted by atomic mass is 32.1. The van der Waals surface area contributed by atoms with Crippen LogP contribution in [0.3, 0.4) is 0 Å². The number of carbonyl (C=O) groups excluding carboxylic acids is 2. The van der Waals surface area contributed by atoms with Crippen LogP contribution in [0.15, 0.2) is 60.7 Å². The minimum absolute atomic E-state index is 0.320. The Morgan fingerprint density at radius 3 is 2.22 bits per heavy atom. The number of amides is 1. The van der Waals surface area contributed by atoms with E-state index in [2.05, 4.69) is 10.3 Å². The van der Waals surface area contributed by atoms with E-state index >= 15 is 0 Å². The number of hydrogen-bond acceptors (Lipinski definition) is 5. The van der Waals surface area contributed by atoms with Crippen LogP contribution in [0, 0.1) is 0 Å². The summed E-state index contributed by atoms with van der Waals surface area (Å²) >= 11 is 1.27. The lowest BCUT2D eigenvalue weighted by molar-refractivity contribution is -0.128. The lowest BCUT2D eigenvalue weighted by atomic mass is 10.1. The maximum absolute atomic E-state index is 12.8. The summed E-state index contributed by atoms with van der Waals surface area (Å²) in [6.45, 7) is 3.86. The van der Waals surface area contributed by atoms with Crippen molar-refractivity contribution in [1.29, 1.82) is 0 Å². The summed E-state index contributed by atoms with van der Waals surface area (Å²) in [6.07, 6.45) is -0.872. The number of esters is 1. The van der Waals surface area contributed by atoms with Gasteiger partial charge in [0, 0.05) is 17.7 Å². The van der Waals surface area contributed by atoms with Crippen LogP contribution in [-0.4, -0.2) is 29.5 Å². The number of likely N-dealkylation sites (N-methyl/N-ethyl adjacent to an activating group) is 1. The van der Waals surface area contributed by atoms with Crippen LogP contribution < -0.4 is 5.32 Å². The predicted octanol–water partition coefficient (Wildman–Crippen LogP) is 4.16. The van der Waals surface area contributed by atoms with Crippen molar-refractivity contribution < 1.29 is 14.3 Å². The molecule has 1 atom stereocenters. The molecule has 27 heavy (non-hydrogen) atoms. The average Bonchev–Trinajstić information content (AvgIpc) is 3.15. The van der Waals surface area contributed by atoms with Gasteiger partial charge in [-0.05, 0) is 13.8 Å². The largest absolute Gasteiger partial charge is 0.448 e. The third kappa shape index (κ3) is 4.41. The van der Waals surface area contributed by atoms with E-state index in [1.807, 2.05) is 67.6 Å². The summed E-state index contributed by atoms with van der Waals surface area (Å²) < 4.78 is 5.38. The molecule has 0 aliphatic heterocycles. The predicted molar refractivity (Wildman–Crippen MR) is 107 cm³/mol. The van der Waals surface area contributed by atoms with Gasteiger partial charge < -0.3 is 10.1 Å². The van der Waals surface area contributed by atoms with Gasteiger partial charge in [-0.15, -0.1) is 11.3 Å².